The molecular formula is C9H12ClN3O4S. The van der Waals surface area contributed by atoms with Crippen molar-refractivity contribution in [3.8, 4) is 0 Å². The van der Waals surface area contributed by atoms with Gasteiger partial charge in [-0.3, -0.25) is 10.1 Å². The van der Waals surface area contributed by atoms with Crippen LogP contribution in [0.15, 0.2) is 23.1 Å². The molecule has 0 bridgehead atoms. The number of hydrogen-bond donors (Lipinski definition) is 2. The van der Waals surface area contributed by atoms with Crippen LogP contribution in [0.1, 0.15) is 0 Å². The molecule has 0 aromatic heterocycles. The standard InChI is InChI=1S/C9H12ClN3O4S/c1-11-4-5-12-18(16,17)7-2-3-8(10)9(6-7)13(14)15/h2-3,6,11-12H,4-5H2,1H3. The second-order valence-corrected chi connectivity index (χ2v) is 5.55. The fraction of sp³-hybridized carbons (Fsp3) is 0.333. The van der Waals surface area contributed by atoms with Crippen LogP contribution in [0.25, 0.3) is 0 Å². The quantitative estimate of drug-likeness (QED) is 0.458. The zero-order valence-electron chi connectivity index (χ0n) is 9.51. The van der Waals surface area contributed by atoms with Crippen LogP contribution in [0.2, 0.25) is 5.02 Å². The molecule has 9 heteroatoms. The molecule has 1 aromatic rings. The van der Waals surface area contributed by atoms with Gasteiger partial charge in [-0.1, -0.05) is 11.6 Å². The lowest BCUT2D eigenvalue weighted by Gasteiger charge is -2.06. The normalized spacial score (nSPS) is 11.4. The van der Waals surface area contributed by atoms with E-state index in [0.717, 1.165) is 6.07 Å². The first-order valence-electron chi connectivity index (χ1n) is 4.96. The van der Waals surface area contributed by atoms with Gasteiger partial charge in [-0.25, -0.2) is 13.1 Å². The van der Waals surface area contributed by atoms with Crippen LogP contribution in [0, 0.1) is 10.1 Å². The van der Waals surface area contributed by atoms with E-state index in [0.29, 0.717) is 6.54 Å². The van der Waals surface area contributed by atoms with Crippen molar-refractivity contribution in [1.29, 1.82) is 0 Å². The van der Waals surface area contributed by atoms with E-state index in [9.17, 15) is 18.5 Å². The molecule has 1 aromatic carbocycles. The maximum Gasteiger partial charge on any atom is 0.289 e. The molecule has 0 atom stereocenters. The molecule has 2 N–H and O–H groups in total. The number of hydrogen-bond acceptors (Lipinski definition) is 5. The number of sulfonamides is 1. The van der Waals surface area contributed by atoms with Crippen molar-refractivity contribution in [2.45, 2.75) is 4.90 Å². The number of rotatable bonds is 6. The molecule has 0 spiro atoms. The second kappa shape index (κ2) is 6.10. The van der Waals surface area contributed by atoms with Crippen LogP contribution < -0.4 is 10.0 Å². The van der Waals surface area contributed by atoms with Gasteiger partial charge in [0.25, 0.3) is 5.69 Å². The monoisotopic (exact) mass is 293 g/mol. The highest BCUT2D eigenvalue weighted by Crippen LogP contribution is 2.26. The molecule has 0 saturated carbocycles. The van der Waals surface area contributed by atoms with Crippen LogP contribution in [0.5, 0.6) is 0 Å². The lowest BCUT2D eigenvalue weighted by Crippen LogP contribution is -2.30. The molecule has 0 amide bonds. The fourth-order valence-corrected chi connectivity index (χ4v) is 2.43. The van der Waals surface area contributed by atoms with Crippen molar-refractivity contribution in [3.05, 3.63) is 33.3 Å². The van der Waals surface area contributed by atoms with Crippen LogP contribution >= 0.6 is 11.6 Å². The summed E-state index contributed by atoms with van der Waals surface area (Å²) in [7, 11) is -2.08. The third kappa shape index (κ3) is 3.64. The molecule has 0 aliphatic rings. The summed E-state index contributed by atoms with van der Waals surface area (Å²) in [6, 6.07) is 3.34. The highest BCUT2D eigenvalue weighted by atomic mass is 35.5. The average molecular weight is 294 g/mol. The number of likely N-dealkylation sites (N-methyl/N-ethyl adjacent to an activating group) is 1. The Labute approximate surface area is 109 Å². The summed E-state index contributed by atoms with van der Waals surface area (Å²) >= 11 is 5.60. The van der Waals surface area contributed by atoms with Crippen molar-refractivity contribution < 1.29 is 13.3 Å². The summed E-state index contributed by atoms with van der Waals surface area (Å²) in [6.45, 7) is 0.643. The highest BCUT2D eigenvalue weighted by molar-refractivity contribution is 7.89. The number of nitro groups is 1. The smallest absolute Gasteiger partial charge is 0.289 e. The van der Waals surface area contributed by atoms with Crippen LogP contribution in [0.3, 0.4) is 0 Å². The maximum absolute atomic E-state index is 11.8. The van der Waals surface area contributed by atoms with E-state index in [2.05, 4.69) is 10.0 Å². The number of nitrogens with zero attached hydrogens (tertiary/aromatic N) is 1. The first-order valence-corrected chi connectivity index (χ1v) is 6.83. The topological polar surface area (TPSA) is 101 Å². The number of nitrogens with one attached hydrogen (secondary N) is 2. The Morgan fingerprint density at radius 1 is 1.39 bits per heavy atom. The first kappa shape index (κ1) is 14.8. The molecule has 0 aliphatic heterocycles. The molecule has 0 radical (unpaired) electrons. The molecule has 0 aliphatic carbocycles. The van der Waals surface area contributed by atoms with Crippen molar-refractivity contribution in [2.24, 2.45) is 0 Å². The van der Waals surface area contributed by atoms with Gasteiger partial charge in [0.1, 0.15) is 5.02 Å². The molecule has 100 valence electrons. The van der Waals surface area contributed by atoms with E-state index in [4.69, 9.17) is 11.6 Å². The molecule has 18 heavy (non-hydrogen) atoms. The van der Waals surface area contributed by atoms with Gasteiger partial charge < -0.3 is 5.32 Å². The van der Waals surface area contributed by atoms with E-state index in [1.807, 2.05) is 0 Å². The minimum atomic E-state index is -3.76. The van der Waals surface area contributed by atoms with Crippen molar-refractivity contribution in [3.63, 3.8) is 0 Å². The van der Waals surface area contributed by atoms with Crippen molar-refractivity contribution in [1.82, 2.24) is 10.0 Å². The summed E-state index contributed by atoms with van der Waals surface area (Å²) in [5, 5.41) is 13.3. The third-order valence-electron chi connectivity index (χ3n) is 2.09. The van der Waals surface area contributed by atoms with Crippen molar-refractivity contribution >= 4 is 27.3 Å². The summed E-state index contributed by atoms with van der Waals surface area (Å²) in [5.41, 5.74) is -0.437. The minimum absolute atomic E-state index is 0.103. The Balaban J connectivity index is 3.02. The zero-order valence-corrected chi connectivity index (χ0v) is 11.1. The lowest BCUT2D eigenvalue weighted by molar-refractivity contribution is -0.384. The largest absolute Gasteiger partial charge is 0.318 e. The lowest BCUT2D eigenvalue weighted by atomic mass is 10.3. The summed E-state index contributed by atoms with van der Waals surface area (Å²) in [5.74, 6) is 0. The third-order valence-corrected chi connectivity index (χ3v) is 3.87. The van der Waals surface area contributed by atoms with Crippen molar-refractivity contribution in [2.75, 3.05) is 20.1 Å². The molecule has 0 unspecified atom stereocenters. The molecule has 1 rings (SSSR count). The van der Waals surface area contributed by atoms with E-state index in [-0.39, 0.29) is 16.5 Å². The average Bonchev–Trinajstić information content (AvgIpc) is 2.29. The molecule has 0 fully saturated rings. The molecule has 0 heterocycles. The van der Waals surface area contributed by atoms with E-state index < -0.39 is 20.6 Å². The van der Waals surface area contributed by atoms with Crippen LogP contribution in [-0.4, -0.2) is 33.5 Å². The van der Waals surface area contributed by atoms with Crippen LogP contribution in [0.4, 0.5) is 5.69 Å². The zero-order chi connectivity index (χ0) is 13.8. The van der Waals surface area contributed by atoms with Gasteiger partial charge in [0.15, 0.2) is 0 Å². The Morgan fingerprint density at radius 2 is 2.06 bits per heavy atom. The van der Waals surface area contributed by atoms with E-state index in [1.165, 1.54) is 12.1 Å². The highest BCUT2D eigenvalue weighted by Gasteiger charge is 2.20. The number of nitro benzene ring substituents is 1. The van der Waals surface area contributed by atoms with Gasteiger partial charge in [-0.15, -0.1) is 0 Å². The van der Waals surface area contributed by atoms with Crippen LogP contribution in [-0.2, 0) is 10.0 Å². The Kier molecular flexibility index (Phi) is 5.03. The van der Waals surface area contributed by atoms with Gasteiger partial charge in [0.2, 0.25) is 10.0 Å². The van der Waals surface area contributed by atoms with Gasteiger partial charge in [-0.2, -0.15) is 0 Å². The van der Waals surface area contributed by atoms with Gasteiger partial charge in [-0.05, 0) is 19.2 Å². The summed E-state index contributed by atoms with van der Waals surface area (Å²) < 4.78 is 25.9. The molecule has 7 nitrogen and oxygen atoms in total. The number of benzene rings is 1. The minimum Gasteiger partial charge on any atom is -0.318 e. The first-order chi connectivity index (χ1) is 8.38. The SMILES string of the molecule is CNCCNS(=O)(=O)c1ccc(Cl)c([N+](=O)[O-])c1. The summed E-state index contributed by atoms with van der Waals surface area (Å²) in [6.07, 6.45) is 0. The molecular weight excluding hydrogens is 282 g/mol. The Morgan fingerprint density at radius 3 is 2.61 bits per heavy atom. The Bertz CT molecular complexity index is 547. The number of halogens is 1. The Hall–Kier alpha value is -1.22. The summed E-state index contributed by atoms with van der Waals surface area (Å²) in [4.78, 5) is 9.74. The van der Waals surface area contributed by atoms with E-state index >= 15 is 0 Å². The maximum atomic E-state index is 11.8. The van der Waals surface area contributed by atoms with Gasteiger partial charge in [0, 0.05) is 19.2 Å². The van der Waals surface area contributed by atoms with E-state index in [1.54, 1.807) is 7.05 Å². The second-order valence-electron chi connectivity index (χ2n) is 3.37. The molecule has 0 saturated heterocycles. The van der Waals surface area contributed by atoms with Gasteiger partial charge >= 0.3 is 0 Å². The fourth-order valence-electron chi connectivity index (χ4n) is 1.19. The predicted molar refractivity (Wildman–Crippen MR) is 67.2 cm³/mol. The van der Waals surface area contributed by atoms with Gasteiger partial charge in [0.05, 0.1) is 9.82 Å². The predicted octanol–water partition coefficient (Wildman–Crippen LogP) is 0.746.